The average Bonchev–Trinajstić information content (AvgIpc) is 2.60. The van der Waals surface area contributed by atoms with Crippen LogP contribution in [-0.4, -0.2) is 25.7 Å². The first kappa shape index (κ1) is 18.8. The third-order valence-electron chi connectivity index (χ3n) is 4.16. The molecule has 0 radical (unpaired) electrons. The van der Waals surface area contributed by atoms with Crippen LogP contribution < -0.4 is 14.8 Å². The Morgan fingerprint density at radius 1 is 1.00 bits per heavy atom. The van der Waals surface area contributed by atoms with Gasteiger partial charge in [0.2, 0.25) is 0 Å². The monoisotopic (exact) mass is 341 g/mol. The van der Waals surface area contributed by atoms with Crippen LogP contribution in [0.5, 0.6) is 11.5 Å². The maximum Gasteiger partial charge on any atom is 0.251 e. The summed E-state index contributed by atoms with van der Waals surface area (Å²) in [6, 6.07) is 11.7. The van der Waals surface area contributed by atoms with E-state index in [9.17, 15) is 4.79 Å². The third kappa shape index (κ3) is 4.99. The van der Waals surface area contributed by atoms with Gasteiger partial charge >= 0.3 is 0 Å². The normalized spacial score (nSPS) is 10.4. The fourth-order valence-corrected chi connectivity index (χ4v) is 2.66. The van der Waals surface area contributed by atoms with Crippen LogP contribution in [0.1, 0.15) is 40.9 Å². The second-order valence-electron chi connectivity index (χ2n) is 5.90. The highest BCUT2D eigenvalue weighted by Gasteiger charge is 2.10. The minimum atomic E-state index is -0.0304. The van der Waals surface area contributed by atoms with Gasteiger partial charge in [-0.1, -0.05) is 18.2 Å². The van der Waals surface area contributed by atoms with Gasteiger partial charge in [-0.05, 0) is 69.0 Å². The third-order valence-corrected chi connectivity index (χ3v) is 4.16. The van der Waals surface area contributed by atoms with Crippen molar-refractivity contribution in [3.05, 3.63) is 58.7 Å². The van der Waals surface area contributed by atoms with Crippen LogP contribution in [0.25, 0.3) is 0 Å². The highest BCUT2D eigenvalue weighted by Crippen LogP contribution is 2.28. The molecule has 0 aliphatic carbocycles. The molecule has 0 bridgehead atoms. The molecule has 0 fully saturated rings. The van der Waals surface area contributed by atoms with E-state index >= 15 is 0 Å². The lowest BCUT2D eigenvalue weighted by molar-refractivity contribution is 0.0953. The summed E-state index contributed by atoms with van der Waals surface area (Å²) in [7, 11) is 0. The zero-order valence-corrected chi connectivity index (χ0v) is 15.5. The summed E-state index contributed by atoms with van der Waals surface area (Å²) in [6.07, 6.45) is 0.739. The fraction of sp³-hybridized carbons (Fsp3) is 0.381. The van der Waals surface area contributed by atoms with E-state index in [4.69, 9.17) is 9.47 Å². The number of carbonyl (C=O) groups excluding carboxylic acids is 1. The highest BCUT2D eigenvalue weighted by atomic mass is 16.5. The standard InChI is InChI=1S/C21H27NO3/c1-5-24-19-11-10-17(14-20(19)25-6-2)12-13-22-21(23)18-9-7-8-15(3)16(18)4/h7-11,14H,5-6,12-13H2,1-4H3,(H,22,23). The topological polar surface area (TPSA) is 47.6 Å². The van der Waals surface area contributed by atoms with Crippen molar-refractivity contribution in [2.75, 3.05) is 19.8 Å². The lowest BCUT2D eigenvalue weighted by atomic mass is 10.0. The van der Waals surface area contributed by atoms with E-state index in [1.54, 1.807) is 0 Å². The van der Waals surface area contributed by atoms with Crippen LogP contribution in [0.4, 0.5) is 0 Å². The van der Waals surface area contributed by atoms with Crippen molar-refractivity contribution in [3.63, 3.8) is 0 Å². The summed E-state index contributed by atoms with van der Waals surface area (Å²) in [5, 5.41) is 3.00. The van der Waals surface area contributed by atoms with E-state index in [1.807, 2.05) is 64.1 Å². The molecule has 0 aliphatic heterocycles. The fourth-order valence-electron chi connectivity index (χ4n) is 2.66. The SMILES string of the molecule is CCOc1ccc(CCNC(=O)c2cccc(C)c2C)cc1OCC. The summed E-state index contributed by atoms with van der Waals surface area (Å²) in [5.41, 5.74) is 4.00. The average molecular weight is 341 g/mol. The summed E-state index contributed by atoms with van der Waals surface area (Å²) >= 11 is 0. The van der Waals surface area contributed by atoms with Gasteiger partial charge in [0, 0.05) is 12.1 Å². The minimum Gasteiger partial charge on any atom is -0.490 e. The molecule has 0 atom stereocenters. The van der Waals surface area contributed by atoms with Gasteiger partial charge in [0.05, 0.1) is 13.2 Å². The van der Waals surface area contributed by atoms with Crippen LogP contribution in [0, 0.1) is 13.8 Å². The maximum absolute atomic E-state index is 12.4. The highest BCUT2D eigenvalue weighted by molar-refractivity contribution is 5.95. The largest absolute Gasteiger partial charge is 0.490 e. The molecule has 2 rings (SSSR count). The zero-order chi connectivity index (χ0) is 18.2. The first-order chi connectivity index (χ1) is 12.1. The van der Waals surface area contributed by atoms with Gasteiger partial charge in [0.25, 0.3) is 5.91 Å². The Kier molecular flexibility index (Phi) is 6.87. The summed E-state index contributed by atoms with van der Waals surface area (Å²) in [6.45, 7) is 9.66. The lowest BCUT2D eigenvalue weighted by Crippen LogP contribution is -2.26. The van der Waals surface area contributed by atoms with Crippen LogP contribution in [-0.2, 0) is 6.42 Å². The first-order valence-corrected chi connectivity index (χ1v) is 8.79. The maximum atomic E-state index is 12.4. The van der Waals surface area contributed by atoms with E-state index in [2.05, 4.69) is 5.32 Å². The molecule has 1 amide bonds. The molecule has 0 aliphatic rings. The number of ether oxygens (including phenoxy) is 2. The molecular weight excluding hydrogens is 314 g/mol. The van der Waals surface area contributed by atoms with E-state index < -0.39 is 0 Å². The number of amides is 1. The van der Waals surface area contributed by atoms with Crippen molar-refractivity contribution < 1.29 is 14.3 Å². The number of hydrogen-bond acceptors (Lipinski definition) is 3. The van der Waals surface area contributed by atoms with Gasteiger partial charge in [-0.25, -0.2) is 0 Å². The van der Waals surface area contributed by atoms with E-state index in [-0.39, 0.29) is 5.91 Å². The Hall–Kier alpha value is -2.49. The lowest BCUT2D eigenvalue weighted by Gasteiger charge is -2.13. The molecule has 0 heterocycles. The second kappa shape index (κ2) is 9.11. The number of carbonyl (C=O) groups is 1. The number of rotatable bonds is 8. The summed E-state index contributed by atoms with van der Waals surface area (Å²) in [4.78, 5) is 12.4. The number of hydrogen-bond donors (Lipinski definition) is 1. The Balaban J connectivity index is 1.98. The molecule has 0 spiro atoms. The summed E-state index contributed by atoms with van der Waals surface area (Å²) < 4.78 is 11.2. The molecule has 4 nitrogen and oxygen atoms in total. The smallest absolute Gasteiger partial charge is 0.251 e. The second-order valence-corrected chi connectivity index (χ2v) is 5.90. The van der Waals surface area contributed by atoms with Crippen LogP contribution >= 0.6 is 0 Å². The molecule has 0 aromatic heterocycles. The predicted octanol–water partition coefficient (Wildman–Crippen LogP) is 4.07. The molecule has 2 aromatic rings. The molecule has 25 heavy (non-hydrogen) atoms. The predicted molar refractivity (Wildman–Crippen MR) is 101 cm³/mol. The summed E-state index contributed by atoms with van der Waals surface area (Å²) in [5.74, 6) is 1.48. The molecule has 134 valence electrons. The Morgan fingerprint density at radius 2 is 1.72 bits per heavy atom. The van der Waals surface area contributed by atoms with Crippen molar-refractivity contribution in [1.29, 1.82) is 0 Å². The zero-order valence-electron chi connectivity index (χ0n) is 15.5. The molecule has 0 unspecified atom stereocenters. The number of benzene rings is 2. The van der Waals surface area contributed by atoms with E-state index in [1.165, 1.54) is 0 Å². The Bertz CT molecular complexity index is 725. The quantitative estimate of drug-likeness (QED) is 0.787. The van der Waals surface area contributed by atoms with Gasteiger partial charge in [-0.15, -0.1) is 0 Å². The van der Waals surface area contributed by atoms with Crippen molar-refractivity contribution >= 4 is 5.91 Å². The Labute approximate surface area is 150 Å². The molecule has 0 saturated heterocycles. The molecule has 2 aromatic carbocycles. The van der Waals surface area contributed by atoms with Crippen LogP contribution in [0.15, 0.2) is 36.4 Å². The van der Waals surface area contributed by atoms with Crippen molar-refractivity contribution in [2.45, 2.75) is 34.1 Å². The van der Waals surface area contributed by atoms with Crippen LogP contribution in [0.3, 0.4) is 0 Å². The molecule has 0 saturated carbocycles. The number of aryl methyl sites for hydroxylation is 1. The first-order valence-electron chi connectivity index (χ1n) is 8.79. The van der Waals surface area contributed by atoms with E-state index in [0.29, 0.717) is 19.8 Å². The molecular formula is C21H27NO3. The van der Waals surface area contributed by atoms with Gasteiger partial charge < -0.3 is 14.8 Å². The molecule has 1 N–H and O–H groups in total. The van der Waals surface area contributed by atoms with Crippen LogP contribution in [0.2, 0.25) is 0 Å². The van der Waals surface area contributed by atoms with Crippen molar-refractivity contribution in [1.82, 2.24) is 5.32 Å². The van der Waals surface area contributed by atoms with Gasteiger partial charge in [0.1, 0.15) is 0 Å². The van der Waals surface area contributed by atoms with Crippen molar-refractivity contribution in [3.8, 4) is 11.5 Å². The molecule has 4 heteroatoms. The van der Waals surface area contributed by atoms with Gasteiger partial charge in [-0.3, -0.25) is 4.79 Å². The van der Waals surface area contributed by atoms with Gasteiger partial charge in [0.15, 0.2) is 11.5 Å². The van der Waals surface area contributed by atoms with Gasteiger partial charge in [-0.2, -0.15) is 0 Å². The number of nitrogens with one attached hydrogen (secondary N) is 1. The van der Waals surface area contributed by atoms with Crippen molar-refractivity contribution in [2.24, 2.45) is 0 Å². The van der Waals surface area contributed by atoms with E-state index in [0.717, 1.165) is 40.2 Å². The minimum absolute atomic E-state index is 0.0304. The Morgan fingerprint density at radius 3 is 2.44 bits per heavy atom.